The van der Waals surface area contributed by atoms with Crippen LogP contribution < -0.4 is 5.32 Å². The summed E-state index contributed by atoms with van der Waals surface area (Å²) in [4.78, 5) is 12.3. The predicted molar refractivity (Wildman–Crippen MR) is 207 cm³/mol. The maximum atomic E-state index is 12.3. The lowest BCUT2D eigenvalue weighted by Gasteiger charge is -2.20. The molecule has 1 amide bonds. The normalized spacial score (nSPS) is 13.2. The smallest absolute Gasteiger partial charge is 0.220 e. The van der Waals surface area contributed by atoms with Crippen LogP contribution in [0, 0.1) is 0 Å². The van der Waals surface area contributed by atoms with Gasteiger partial charge in [0, 0.05) is 6.42 Å². The molecule has 2 unspecified atom stereocenters. The minimum atomic E-state index is -0.839. The number of aliphatic hydroxyl groups is 2. The molecule has 0 spiro atoms. The van der Waals surface area contributed by atoms with Crippen LogP contribution in [0.4, 0.5) is 0 Å². The van der Waals surface area contributed by atoms with E-state index in [0.717, 1.165) is 38.5 Å². The van der Waals surface area contributed by atoms with Gasteiger partial charge in [-0.25, -0.2) is 0 Å². The van der Waals surface area contributed by atoms with Crippen molar-refractivity contribution in [2.24, 2.45) is 0 Å². The van der Waals surface area contributed by atoms with Gasteiger partial charge in [0.15, 0.2) is 0 Å². The van der Waals surface area contributed by atoms with Crippen molar-refractivity contribution in [1.82, 2.24) is 5.32 Å². The standard InChI is InChI=1S/C43H83NO3/c1-3-5-7-9-11-13-15-17-18-19-20-21-22-23-24-25-27-28-30-32-34-36-38-42(46)41(40-45)44-43(47)39-37-35-33-31-29-26-16-14-12-10-8-6-4-2/h14,16,36,38,41-42,45-46H,3-13,15,17-35,37,39-40H2,1-2H3,(H,44,47)/b16-14-,38-36+. The van der Waals surface area contributed by atoms with Gasteiger partial charge in [-0.15, -0.1) is 0 Å². The Balaban J connectivity index is 3.55. The molecule has 0 saturated heterocycles. The van der Waals surface area contributed by atoms with Crippen LogP contribution in [-0.4, -0.2) is 34.9 Å². The largest absolute Gasteiger partial charge is 0.394 e. The van der Waals surface area contributed by atoms with E-state index in [1.807, 2.05) is 6.08 Å². The fraction of sp³-hybridized carbons (Fsp3) is 0.884. The van der Waals surface area contributed by atoms with Crippen LogP contribution in [-0.2, 0) is 4.79 Å². The summed E-state index contributed by atoms with van der Waals surface area (Å²) in [5.41, 5.74) is 0. The lowest BCUT2D eigenvalue weighted by Crippen LogP contribution is -2.45. The maximum Gasteiger partial charge on any atom is 0.220 e. The van der Waals surface area contributed by atoms with Crippen molar-refractivity contribution in [3.8, 4) is 0 Å². The second-order valence-corrected chi connectivity index (χ2v) is 14.4. The first kappa shape index (κ1) is 45.9. The van der Waals surface area contributed by atoms with Crippen LogP contribution in [0.2, 0.25) is 0 Å². The predicted octanol–water partition coefficient (Wildman–Crippen LogP) is 12.8. The monoisotopic (exact) mass is 662 g/mol. The first-order chi connectivity index (χ1) is 23.2. The van der Waals surface area contributed by atoms with Crippen molar-refractivity contribution < 1.29 is 15.0 Å². The van der Waals surface area contributed by atoms with Crippen LogP contribution in [0.5, 0.6) is 0 Å². The van der Waals surface area contributed by atoms with Gasteiger partial charge in [-0.1, -0.05) is 199 Å². The van der Waals surface area contributed by atoms with Crippen molar-refractivity contribution in [3.63, 3.8) is 0 Å². The highest BCUT2D eigenvalue weighted by atomic mass is 16.3. The molecule has 0 rings (SSSR count). The summed E-state index contributed by atoms with van der Waals surface area (Å²) in [7, 11) is 0. The van der Waals surface area contributed by atoms with Gasteiger partial charge in [0.2, 0.25) is 5.91 Å². The van der Waals surface area contributed by atoms with E-state index in [0.29, 0.717) is 6.42 Å². The minimum absolute atomic E-state index is 0.0726. The van der Waals surface area contributed by atoms with Crippen LogP contribution >= 0.6 is 0 Å². The average molecular weight is 662 g/mol. The molecule has 278 valence electrons. The number of nitrogens with one attached hydrogen (secondary N) is 1. The molecule has 4 heteroatoms. The molecule has 0 radical (unpaired) electrons. The average Bonchev–Trinajstić information content (AvgIpc) is 3.07. The van der Waals surface area contributed by atoms with Gasteiger partial charge >= 0.3 is 0 Å². The maximum absolute atomic E-state index is 12.3. The fourth-order valence-electron chi connectivity index (χ4n) is 6.41. The number of aliphatic hydroxyl groups excluding tert-OH is 2. The van der Waals surface area contributed by atoms with E-state index in [1.165, 1.54) is 167 Å². The molecule has 0 aromatic carbocycles. The van der Waals surface area contributed by atoms with Gasteiger partial charge in [0.1, 0.15) is 0 Å². The summed E-state index contributed by atoms with van der Waals surface area (Å²) < 4.78 is 0. The molecule has 2 atom stereocenters. The van der Waals surface area contributed by atoms with E-state index in [-0.39, 0.29) is 12.5 Å². The molecule has 4 nitrogen and oxygen atoms in total. The number of unbranched alkanes of at least 4 members (excludes halogenated alkanes) is 29. The van der Waals surface area contributed by atoms with Gasteiger partial charge in [-0.05, 0) is 44.9 Å². The second-order valence-electron chi connectivity index (χ2n) is 14.4. The molecule has 0 aliphatic heterocycles. The molecule has 0 saturated carbocycles. The molecule has 47 heavy (non-hydrogen) atoms. The minimum Gasteiger partial charge on any atom is -0.394 e. The number of carbonyl (C=O) groups excluding carboxylic acids is 1. The highest BCUT2D eigenvalue weighted by Gasteiger charge is 2.17. The quantitative estimate of drug-likeness (QED) is 0.0455. The van der Waals surface area contributed by atoms with Crippen molar-refractivity contribution in [2.75, 3.05) is 6.61 Å². The van der Waals surface area contributed by atoms with E-state index in [1.54, 1.807) is 6.08 Å². The summed E-state index contributed by atoms with van der Waals surface area (Å²) in [6, 6.07) is -0.623. The molecule has 0 aliphatic rings. The zero-order chi connectivity index (χ0) is 34.3. The first-order valence-electron chi connectivity index (χ1n) is 21.1. The zero-order valence-corrected chi connectivity index (χ0v) is 31.8. The lowest BCUT2D eigenvalue weighted by molar-refractivity contribution is -0.123. The summed E-state index contributed by atoms with van der Waals surface area (Å²) in [5.74, 6) is -0.0726. The third-order valence-corrected chi connectivity index (χ3v) is 9.68. The Hall–Kier alpha value is -1.13. The molecule has 0 fully saturated rings. The van der Waals surface area contributed by atoms with Gasteiger partial charge in [-0.3, -0.25) is 4.79 Å². The number of hydrogen-bond donors (Lipinski definition) is 3. The number of allylic oxidation sites excluding steroid dienone is 3. The Morgan fingerprint density at radius 2 is 0.809 bits per heavy atom. The summed E-state index contributed by atoms with van der Waals surface area (Å²) >= 11 is 0. The third-order valence-electron chi connectivity index (χ3n) is 9.68. The molecule has 0 aromatic heterocycles. The lowest BCUT2D eigenvalue weighted by atomic mass is 10.0. The third kappa shape index (κ3) is 36.0. The molecule has 0 heterocycles. The van der Waals surface area contributed by atoms with Crippen molar-refractivity contribution in [2.45, 2.75) is 238 Å². The van der Waals surface area contributed by atoms with Crippen molar-refractivity contribution in [3.05, 3.63) is 24.3 Å². The SMILES string of the molecule is CCCCCC/C=C\CCCCCCCC(=O)NC(CO)C(O)/C=C/CCCCCCCCCCCCCCCCCCCCCC. The van der Waals surface area contributed by atoms with E-state index in [2.05, 4.69) is 31.3 Å². The van der Waals surface area contributed by atoms with Crippen LogP contribution in [0.25, 0.3) is 0 Å². The molecule has 3 N–H and O–H groups in total. The molecular weight excluding hydrogens is 578 g/mol. The summed E-state index contributed by atoms with van der Waals surface area (Å²) in [6.45, 7) is 4.29. The second kappa shape index (κ2) is 39.3. The Bertz CT molecular complexity index is 676. The highest BCUT2D eigenvalue weighted by Crippen LogP contribution is 2.15. The van der Waals surface area contributed by atoms with Crippen LogP contribution in [0.15, 0.2) is 24.3 Å². The molecule has 0 aliphatic carbocycles. The Kier molecular flexibility index (Phi) is 38.4. The highest BCUT2D eigenvalue weighted by molar-refractivity contribution is 5.76. The number of amides is 1. The number of rotatable bonds is 38. The Morgan fingerprint density at radius 1 is 0.489 bits per heavy atom. The summed E-state index contributed by atoms with van der Waals surface area (Å²) in [6.07, 6.45) is 50.0. The summed E-state index contributed by atoms with van der Waals surface area (Å²) in [5, 5.41) is 23.0. The van der Waals surface area contributed by atoms with Crippen LogP contribution in [0.1, 0.15) is 226 Å². The van der Waals surface area contributed by atoms with Crippen molar-refractivity contribution in [1.29, 1.82) is 0 Å². The van der Waals surface area contributed by atoms with Gasteiger partial charge < -0.3 is 15.5 Å². The van der Waals surface area contributed by atoms with E-state index in [4.69, 9.17) is 0 Å². The Morgan fingerprint density at radius 3 is 1.19 bits per heavy atom. The molecule has 0 aromatic rings. The van der Waals surface area contributed by atoms with Gasteiger partial charge in [-0.2, -0.15) is 0 Å². The van der Waals surface area contributed by atoms with E-state index >= 15 is 0 Å². The first-order valence-corrected chi connectivity index (χ1v) is 21.1. The molecule has 0 bridgehead atoms. The molecular formula is C43H83NO3. The van der Waals surface area contributed by atoms with E-state index < -0.39 is 12.1 Å². The zero-order valence-electron chi connectivity index (χ0n) is 31.8. The van der Waals surface area contributed by atoms with Crippen molar-refractivity contribution >= 4 is 5.91 Å². The number of carbonyl (C=O) groups is 1. The Labute approximate surface area is 294 Å². The topological polar surface area (TPSA) is 69.6 Å². The van der Waals surface area contributed by atoms with Gasteiger partial charge in [0.05, 0.1) is 18.8 Å². The fourth-order valence-corrected chi connectivity index (χ4v) is 6.41. The van der Waals surface area contributed by atoms with Gasteiger partial charge in [0.25, 0.3) is 0 Å². The van der Waals surface area contributed by atoms with E-state index in [9.17, 15) is 15.0 Å². The number of hydrogen-bond acceptors (Lipinski definition) is 3. The van der Waals surface area contributed by atoms with Crippen LogP contribution in [0.3, 0.4) is 0 Å².